The lowest BCUT2D eigenvalue weighted by atomic mass is 10.3. The van der Waals surface area contributed by atoms with Gasteiger partial charge in [0.25, 0.3) is 0 Å². The number of fused-ring (bicyclic) bond motifs is 1. The Morgan fingerprint density at radius 3 is 2.86 bits per heavy atom. The van der Waals surface area contributed by atoms with Crippen LogP contribution in [0.4, 0.5) is 0 Å². The minimum atomic E-state index is 0.256. The van der Waals surface area contributed by atoms with Gasteiger partial charge in [0.1, 0.15) is 15.8 Å². The Morgan fingerprint density at radius 1 is 1.33 bits per heavy atom. The molecule has 116 valence electrons. The minimum absolute atomic E-state index is 0.256. The molecule has 2 aromatic rings. The van der Waals surface area contributed by atoms with E-state index in [-0.39, 0.29) is 6.04 Å². The molecule has 0 N–H and O–H groups in total. The van der Waals surface area contributed by atoms with Crippen LogP contribution in [0.2, 0.25) is 5.15 Å². The standard InChI is InChI=1S/C14H20ClN3O2S/c1-10(9-20-3)18(5-6-19-2)8-12-16-13(15)11-4-7-21-14(11)17-12/h4,7,10H,5-6,8-9H2,1-3H3. The number of rotatable bonds is 8. The quantitative estimate of drug-likeness (QED) is 0.697. The first-order chi connectivity index (χ1) is 10.2. The SMILES string of the molecule is COCCN(Cc1nc(Cl)c2ccsc2n1)C(C)COC. The Bertz CT molecular complexity index is 578. The summed E-state index contributed by atoms with van der Waals surface area (Å²) in [5.41, 5.74) is 0. The largest absolute Gasteiger partial charge is 0.383 e. The van der Waals surface area contributed by atoms with Crippen molar-refractivity contribution < 1.29 is 9.47 Å². The highest BCUT2D eigenvalue weighted by Crippen LogP contribution is 2.25. The highest BCUT2D eigenvalue weighted by Gasteiger charge is 2.16. The number of aromatic nitrogens is 2. The zero-order valence-electron chi connectivity index (χ0n) is 12.5. The molecule has 0 amide bonds. The van der Waals surface area contributed by atoms with E-state index in [1.165, 1.54) is 0 Å². The van der Waals surface area contributed by atoms with Gasteiger partial charge in [0.05, 0.1) is 19.8 Å². The first kappa shape index (κ1) is 16.6. The lowest BCUT2D eigenvalue weighted by Crippen LogP contribution is -2.38. The minimum Gasteiger partial charge on any atom is -0.383 e. The second-order valence-corrected chi connectivity index (χ2v) is 6.09. The van der Waals surface area contributed by atoms with Crippen LogP contribution in [-0.4, -0.2) is 54.9 Å². The third-order valence-electron chi connectivity index (χ3n) is 3.28. The van der Waals surface area contributed by atoms with Crippen LogP contribution in [0, 0.1) is 0 Å². The van der Waals surface area contributed by atoms with Gasteiger partial charge in [-0.3, -0.25) is 4.90 Å². The number of thiophene rings is 1. The fourth-order valence-electron chi connectivity index (χ4n) is 2.12. The summed E-state index contributed by atoms with van der Waals surface area (Å²) < 4.78 is 10.4. The van der Waals surface area contributed by atoms with Crippen molar-refractivity contribution in [3.8, 4) is 0 Å². The Kier molecular flexibility index (Phi) is 6.32. The lowest BCUT2D eigenvalue weighted by Gasteiger charge is -2.27. The van der Waals surface area contributed by atoms with Gasteiger partial charge >= 0.3 is 0 Å². The summed E-state index contributed by atoms with van der Waals surface area (Å²) in [4.78, 5) is 12.1. The van der Waals surface area contributed by atoms with Crippen molar-refractivity contribution in [2.75, 3.05) is 34.0 Å². The van der Waals surface area contributed by atoms with Crippen LogP contribution in [0.1, 0.15) is 12.7 Å². The molecule has 0 aliphatic rings. The summed E-state index contributed by atoms with van der Waals surface area (Å²) in [6.07, 6.45) is 0. The van der Waals surface area contributed by atoms with Gasteiger partial charge in [-0.1, -0.05) is 11.6 Å². The van der Waals surface area contributed by atoms with Gasteiger partial charge in [-0.2, -0.15) is 0 Å². The molecule has 2 heterocycles. The molecule has 0 aliphatic carbocycles. The molecule has 0 aromatic carbocycles. The molecule has 0 saturated carbocycles. The van der Waals surface area contributed by atoms with E-state index in [2.05, 4.69) is 21.8 Å². The summed E-state index contributed by atoms with van der Waals surface area (Å²) >= 11 is 7.80. The normalized spacial score (nSPS) is 13.2. The van der Waals surface area contributed by atoms with Crippen molar-refractivity contribution in [2.24, 2.45) is 0 Å². The van der Waals surface area contributed by atoms with E-state index >= 15 is 0 Å². The van der Waals surface area contributed by atoms with Gasteiger partial charge in [0, 0.05) is 32.2 Å². The first-order valence-corrected chi connectivity index (χ1v) is 8.03. The Balaban J connectivity index is 2.16. The Labute approximate surface area is 133 Å². The average Bonchev–Trinajstić information content (AvgIpc) is 2.92. The van der Waals surface area contributed by atoms with Gasteiger partial charge in [0.15, 0.2) is 0 Å². The molecule has 0 fully saturated rings. The number of hydrogen-bond donors (Lipinski definition) is 0. The first-order valence-electron chi connectivity index (χ1n) is 6.77. The second-order valence-electron chi connectivity index (χ2n) is 4.84. The maximum atomic E-state index is 6.22. The molecule has 1 unspecified atom stereocenters. The van der Waals surface area contributed by atoms with E-state index in [4.69, 9.17) is 21.1 Å². The number of halogens is 1. The van der Waals surface area contributed by atoms with Crippen molar-refractivity contribution in [2.45, 2.75) is 19.5 Å². The third-order valence-corrected chi connectivity index (χ3v) is 4.38. The molecule has 0 bridgehead atoms. The molecular formula is C14H20ClN3O2S. The average molecular weight is 330 g/mol. The third kappa shape index (κ3) is 4.34. The van der Waals surface area contributed by atoms with E-state index in [1.807, 2.05) is 11.4 Å². The summed E-state index contributed by atoms with van der Waals surface area (Å²) in [5, 5.41) is 3.41. The summed E-state index contributed by atoms with van der Waals surface area (Å²) in [6, 6.07) is 2.20. The van der Waals surface area contributed by atoms with E-state index in [1.54, 1.807) is 25.6 Å². The fraction of sp³-hybridized carbons (Fsp3) is 0.571. The van der Waals surface area contributed by atoms with Crippen molar-refractivity contribution in [1.29, 1.82) is 0 Å². The molecule has 0 spiro atoms. The highest BCUT2D eigenvalue weighted by atomic mass is 35.5. The Morgan fingerprint density at radius 2 is 2.14 bits per heavy atom. The topological polar surface area (TPSA) is 47.5 Å². The van der Waals surface area contributed by atoms with E-state index < -0.39 is 0 Å². The van der Waals surface area contributed by atoms with Gasteiger partial charge in [-0.15, -0.1) is 11.3 Å². The molecule has 0 saturated heterocycles. The van der Waals surface area contributed by atoms with Crippen LogP contribution < -0.4 is 0 Å². The van der Waals surface area contributed by atoms with Crippen LogP contribution in [0.15, 0.2) is 11.4 Å². The van der Waals surface area contributed by atoms with Crippen molar-refractivity contribution in [3.63, 3.8) is 0 Å². The van der Waals surface area contributed by atoms with Gasteiger partial charge in [-0.05, 0) is 18.4 Å². The number of ether oxygens (including phenoxy) is 2. The van der Waals surface area contributed by atoms with Crippen molar-refractivity contribution in [3.05, 3.63) is 22.4 Å². The Hall–Kier alpha value is -0.790. The second kappa shape index (κ2) is 8.00. The van der Waals surface area contributed by atoms with E-state index in [0.717, 1.165) is 22.6 Å². The molecule has 5 nitrogen and oxygen atoms in total. The smallest absolute Gasteiger partial charge is 0.145 e. The van der Waals surface area contributed by atoms with Crippen LogP contribution in [0.25, 0.3) is 10.2 Å². The maximum Gasteiger partial charge on any atom is 0.145 e. The zero-order chi connectivity index (χ0) is 15.2. The molecule has 0 aliphatic heterocycles. The fourth-order valence-corrected chi connectivity index (χ4v) is 3.21. The zero-order valence-corrected chi connectivity index (χ0v) is 14.1. The van der Waals surface area contributed by atoms with Gasteiger partial charge < -0.3 is 9.47 Å². The number of hydrogen-bond acceptors (Lipinski definition) is 6. The summed E-state index contributed by atoms with van der Waals surface area (Å²) in [6.45, 7) is 4.85. The molecule has 2 rings (SSSR count). The van der Waals surface area contributed by atoms with Gasteiger partial charge in [-0.25, -0.2) is 9.97 Å². The van der Waals surface area contributed by atoms with Crippen LogP contribution in [0.5, 0.6) is 0 Å². The molecule has 2 aromatic heterocycles. The predicted octanol–water partition coefficient (Wildman–Crippen LogP) is 2.83. The molecular weight excluding hydrogens is 310 g/mol. The molecule has 0 radical (unpaired) electrons. The molecule has 1 atom stereocenters. The van der Waals surface area contributed by atoms with E-state index in [0.29, 0.717) is 24.9 Å². The summed E-state index contributed by atoms with van der Waals surface area (Å²) in [5.74, 6) is 0.731. The van der Waals surface area contributed by atoms with Crippen LogP contribution in [-0.2, 0) is 16.0 Å². The highest BCUT2D eigenvalue weighted by molar-refractivity contribution is 7.16. The van der Waals surface area contributed by atoms with Crippen LogP contribution in [0.3, 0.4) is 0 Å². The van der Waals surface area contributed by atoms with E-state index in [9.17, 15) is 0 Å². The molecule has 21 heavy (non-hydrogen) atoms. The van der Waals surface area contributed by atoms with Crippen LogP contribution >= 0.6 is 22.9 Å². The van der Waals surface area contributed by atoms with Crippen molar-refractivity contribution >= 4 is 33.2 Å². The maximum absolute atomic E-state index is 6.22. The number of methoxy groups -OCH3 is 2. The summed E-state index contributed by atoms with van der Waals surface area (Å²) in [7, 11) is 3.40. The van der Waals surface area contributed by atoms with Crippen molar-refractivity contribution in [1.82, 2.24) is 14.9 Å². The predicted molar refractivity (Wildman–Crippen MR) is 86.0 cm³/mol. The monoisotopic (exact) mass is 329 g/mol. The lowest BCUT2D eigenvalue weighted by molar-refractivity contribution is 0.0690. The molecule has 7 heteroatoms. The van der Waals surface area contributed by atoms with Gasteiger partial charge in [0.2, 0.25) is 0 Å². The number of nitrogens with zero attached hydrogens (tertiary/aromatic N) is 3.